The van der Waals surface area contributed by atoms with Gasteiger partial charge in [0.1, 0.15) is 0 Å². The molecule has 2 aliphatic heterocycles. The summed E-state index contributed by atoms with van der Waals surface area (Å²) < 4.78 is 26.5. The SMILES string of the molecule is CCCCS(=O)(=O)N1CCC(C2CCN(Cc3cccnc3)CC2)C1. The van der Waals surface area contributed by atoms with Crippen LogP contribution < -0.4 is 0 Å². The van der Waals surface area contributed by atoms with E-state index in [1.54, 1.807) is 4.31 Å². The fourth-order valence-electron chi connectivity index (χ4n) is 4.18. The van der Waals surface area contributed by atoms with Crippen LogP contribution in [-0.4, -0.2) is 54.5 Å². The summed E-state index contributed by atoms with van der Waals surface area (Å²) in [6.45, 7) is 6.72. The van der Waals surface area contributed by atoms with Gasteiger partial charge in [0.15, 0.2) is 0 Å². The van der Waals surface area contributed by atoms with E-state index in [0.29, 0.717) is 17.6 Å². The van der Waals surface area contributed by atoms with Crippen molar-refractivity contribution in [2.24, 2.45) is 11.8 Å². The third-order valence-electron chi connectivity index (χ3n) is 5.76. The minimum atomic E-state index is -3.03. The minimum absolute atomic E-state index is 0.319. The summed E-state index contributed by atoms with van der Waals surface area (Å²) in [5.41, 5.74) is 1.27. The zero-order chi connectivity index (χ0) is 17.7. The second-order valence-corrected chi connectivity index (χ2v) is 9.64. The van der Waals surface area contributed by atoms with Gasteiger partial charge in [-0.15, -0.1) is 0 Å². The summed E-state index contributed by atoms with van der Waals surface area (Å²) in [7, 11) is -3.03. The average Bonchev–Trinajstić information content (AvgIpc) is 3.13. The highest BCUT2D eigenvalue weighted by molar-refractivity contribution is 7.89. The number of nitrogens with zero attached hydrogens (tertiary/aromatic N) is 3. The van der Waals surface area contributed by atoms with E-state index in [9.17, 15) is 8.42 Å². The molecule has 0 amide bonds. The predicted octanol–water partition coefficient (Wildman–Crippen LogP) is 2.75. The molecule has 6 heteroatoms. The van der Waals surface area contributed by atoms with Gasteiger partial charge in [0.25, 0.3) is 0 Å². The monoisotopic (exact) mass is 365 g/mol. The lowest BCUT2D eigenvalue weighted by Crippen LogP contribution is -2.37. The highest BCUT2D eigenvalue weighted by atomic mass is 32.2. The maximum atomic E-state index is 12.4. The van der Waals surface area contributed by atoms with Crippen molar-refractivity contribution in [1.29, 1.82) is 0 Å². The molecule has 0 aromatic carbocycles. The number of rotatable bonds is 7. The Balaban J connectivity index is 1.46. The van der Waals surface area contributed by atoms with Gasteiger partial charge in [0, 0.05) is 32.0 Å². The van der Waals surface area contributed by atoms with Gasteiger partial charge in [-0.25, -0.2) is 12.7 Å². The normalized spacial score (nSPS) is 24.0. The molecule has 0 saturated carbocycles. The van der Waals surface area contributed by atoms with Crippen molar-refractivity contribution >= 4 is 10.0 Å². The maximum absolute atomic E-state index is 12.4. The van der Waals surface area contributed by atoms with E-state index in [4.69, 9.17) is 0 Å². The number of piperidine rings is 1. The molecule has 2 fully saturated rings. The summed E-state index contributed by atoms with van der Waals surface area (Å²) in [4.78, 5) is 6.69. The highest BCUT2D eigenvalue weighted by Gasteiger charge is 2.36. The van der Waals surface area contributed by atoms with Crippen molar-refractivity contribution in [3.63, 3.8) is 0 Å². The summed E-state index contributed by atoms with van der Waals surface area (Å²) in [5.74, 6) is 1.55. The quantitative estimate of drug-likeness (QED) is 0.745. The zero-order valence-electron chi connectivity index (χ0n) is 15.3. The second kappa shape index (κ2) is 8.60. The Hall–Kier alpha value is -0.980. The van der Waals surface area contributed by atoms with Crippen LogP contribution in [0.3, 0.4) is 0 Å². The van der Waals surface area contributed by atoms with E-state index in [2.05, 4.69) is 16.0 Å². The first kappa shape index (κ1) is 18.8. The molecule has 1 aromatic rings. The van der Waals surface area contributed by atoms with E-state index in [1.165, 1.54) is 18.4 Å². The molecule has 0 radical (unpaired) electrons. The van der Waals surface area contributed by atoms with Crippen LogP contribution in [0.5, 0.6) is 0 Å². The third-order valence-corrected chi connectivity index (χ3v) is 7.69. The molecular weight excluding hydrogens is 334 g/mol. The Kier molecular flexibility index (Phi) is 6.47. The Morgan fingerprint density at radius 2 is 1.92 bits per heavy atom. The summed E-state index contributed by atoms with van der Waals surface area (Å²) >= 11 is 0. The molecule has 3 rings (SSSR count). The second-order valence-electron chi connectivity index (χ2n) is 7.55. The molecule has 0 N–H and O–H groups in total. The molecule has 2 aliphatic rings. The van der Waals surface area contributed by atoms with Gasteiger partial charge in [-0.05, 0) is 62.2 Å². The van der Waals surface area contributed by atoms with Crippen molar-refractivity contribution in [2.45, 2.75) is 45.6 Å². The molecule has 2 saturated heterocycles. The van der Waals surface area contributed by atoms with E-state index >= 15 is 0 Å². The standard InChI is InChI=1S/C19H31N3O2S/c1-2-3-13-25(23,24)22-12-8-19(16-22)18-6-10-21(11-7-18)15-17-5-4-9-20-14-17/h4-5,9,14,18-19H,2-3,6-8,10-13,15-16H2,1H3. The molecule has 3 heterocycles. The van der Waals surface area contributed by atoms with Crippen LogP contribution in [0.1, 0.15) is 44.6 Å². The predicted molar refractivity (Wildman–Crippen MR) is 101 cm³/mol. The Bertz CT molecular complexity index is 627. The zero-order valence-corrected chi connectivity index (χ0v) is 16.1. The lowest BCUT2D eigenvalue weighted by molar-refractivity contribution is 0.144. The minimum Gasteiger partial charge on any atom is -0.299 e. The molecule has 25 heavy (non-hydrogen) atoms. The molecule has 0 spiro atoms. The fraction of sp³-hybridized carbons (Fsp3) is 0.737. The molecule has 140 valence electrons. The van der Waals surface area contributed by atoms with Gasteiger partial charge < -0.3 is 0 Å². The fourth-order valence-corrected chi connectivity index (χ4v) is 5.89. The van der Waals surface area contributed by atoms with Crippen molar-refractivity contribution in [1.82, 2.24) is 14.2 Å². The topological polar surface area (TPSA) is 53.5 Å². The molecule has 1 atom stereocenters. The Labute approximate surface area is 152 Å². The largest absolute Gasteiger partial charge is 0.299 e. The molecule has 5 nitrogen and oxygen atoms in total. The number of hydrogen-bond donors (Lipinski definition) is 0. The van der Waals surface area contributed by atoms with E-state index in [0.717, 1.165) is 52.0 Å². The van der Waals surface area contributed by atoms with Crippen molar-refractivity contribution in [3.8, 4) is 0 Å². The van der Waals surface area contributed by atoms with Crippen LogP contribution in [0.15, 0.2) is 24.5 Å². The van der Waals surface area contributed by atoms with Gasteiger partial charge in [0.2, 0.25) is 10.0 Å². The van der Waals surface area contributed by atoms with Gasteiger partial charge >= 0.3 is 0 Å². The number of sulfonamides is 1. The Morgan fingerprint density at radius 3 is 2.60 bits per heavy atom. The van der Waals surface area contributed by atoms with Gasteiger partial charge in [-0.3, -0.25) is 9.88 Å². The van der Waals surface area contributed by atoms with Crippen molar-refractivity contribution in [3.05, 3.63) is 30.1 Å². The smallest absolute Gasteiger partial charge is 0.214 e. The molecule has 1 aromatic heterocycles. The maximum Gasteiger partial charge on any atom is 0.214 e. The van der Waals surface area contributed by atoms with Crippen LogP contribution in [0.2, 0.25) is 0 Å². The lowest BCUT2D eigenvalue weighted by Gasteiger charge is -2.34. The van der Waals surface area contributed by atoms with Crippen LogP contribution in [-0.2, 0) is 16.6 Å². The first-order valence-corrected chi connectivity index (χ1v) is 11.3. The van der Waals surface area contributed by atoms with Gasteiger partial charge in [-0.2, -0.15) is 0 Å². The molecule has 1 unspecified atom stereocenters. The summed E-state index contributed by atoms with van der Waals surface area (Å²) in [6, 6.07) is 4.13. The van der Waals surface area contributed by atoms with E-state index in [1.807, 2.05) is 25.4 Å². The number of likely N-dealkylation sites (tertiary alicyclic amines) is 1. The van der Waals surface area contributed by atoms with Gasteiger partial charge in [-0.1, -0.05) is 19.4 Å². The molecular formula is C19H31N3O2S. The number of pyridine rings is 1. The van der Waals surface area contributed by atoms with Crippen LogP contribution in [0.4, 0.5) is 0 Å². The lowest BCUT2D eigenvalue weighted by atomic mass is 9.84. The van der Waals surface area contributed by atoms with Crippen LogP contribution in [0, 0.1) is 11.8 Å². The highest BCUT2D eigenvalue weighted by Crippen LogP contribution is 2.33. The summed E-state index contributed by atoms with van der Waals surface area (Å²) in [6.07, 6.45) is 8.89. The molecule has 0 bridgehead atoms. The third kappa shape index (κ3) is 5.02. The number of hydrogen-bond acceptors (Lipinski definition) is 4. The first-order valence-electron chi connectivity index (χ1n) is 9.67. The average molecular weight is 366 g/mol. The Morgan fingerprint density at radius 1 is 1.16 bits per heavy atom. The van der Waals surface area contributed by atoms with Gasteiger partial charge in [0.05, 0.1) is 5.75 Å². The van der Waals surface area contributed by atoms with Crippen LogP contribution >= 0.6 is 0 Å². The number of aromatic nitrogens is 1. The molecule has 0 aliphatic carbocycles. The first-order chi connectivity index (χ1) is 12.1. The van der Waals surface area contributed by atoms with Crippen LogP contribution in [0.25, 0.3) is 0 Å². The van der Waals surface area contributed by atoms with Crippen molar-refractivity contribution < 1.29 is 8.42 Å². The summed E-state index contributed by atoms with van der Waals surface area (Å²) in [5, 5.41) is 0. The number of unbranched alkanes of at least 4 members (excludes halogenated alkanes) is 1. The van der Waals surface area contributed by atoms with E-state index in [-0.39, 0.29) is 0 Å². The van der Waals surface area contributed by atoms with Crippen molar-refractivity contribution in [2.75, 3.05) is 31.9 Å². The van der Waals surface area contributed by atoms with E-state index < -0.39 is 10.0 Å².